The summed E-state index contributed by atoms with van der Waals surface area (Å²) < 4.78 is 7.34. The van der Waals surface area contributed by atoms with Gasteiger partial charge in [0, 0.05) is 41.0 Å². The van der Waals surface area contributed by atoms with Crippen molar-refractivity contribution in [2.75, 3.05) is 11.9 Å². The van der Waals surface area contributed by atoms with Crippen molar-refractivity contribution in [3.63, 3.8) is 0 Å². The Balaban J connectivity index is 1.63. The van der Waals surface area contributed by atoms with Crippen molar-refractivity contribution in [2.45, 2.75) is 33.7 Å². The Morgan fingerprint density at radius 3 is 2.60 bits per heavy atom. The van der Waals surface area contributed by atoms with E-state index in [1.165, 1.54) is 17.9 Å². The van der Waals surface area contributed by atoms with E-state index in [4.69, 9.17) is 4.74 Å². The molecule has 3 rings (SSSR count). The molecule has 1 aromatic carbocycles. The molecule has 7 heteroatoms. The molecule has 156 valence electrons. The minimum Gasteiger partial charge on any atom is -0.454 e. The van der Waals surface area contributed by atoms with Crippen molar-refractivity contribution < 1.29 is 19.1 Å². The maximum absolute atomic E-state index is 12.7. The van der Waals surface area contributed by atoms with Gasteiger partial charge in [-0.05, 0) is 56.0 Å². The second-order valence-corrected chi connectivity index (χ2v) is 8.06. The van der Waals surface area contributed by atoms with Gasteiger partial charge in [0.1, 0.15) is 0 Å². The maximum Gasteiger partial charge on any atom is 0.338 e. The van der Waals surface area contributed by atoms with Gasteiger partial charge >= 0.3 is 5.97 Å². The third kappa shape index (κ3) is 5.24. The van der Waals surface area contributed by atoms with Crippen molar-refractivity contribution >= 4 is 34.7 Å². The first kappa shape index (κ1) is 21.5. The number of carbonyl (C=O) groups is 3. The number of nitrogens with one attached hydrogen (secondary N) is 1. The van der Waals surface area contributed by atoms with Gasteiger partial charge in [-0.15, -0.1) is 11.3 Å². The topological polar surface area (TPSA) is 77.4 Å². The third-order valence-electron chi connectivity index (χ3n) is 4.79. The van der Waals surface area contributed by atoms with Crippen LogP contribution in [0.4, 0.5) is 5.69 Å². The second-order valence-electron chi connectivity index (χ2n) is 7.03. The highest BCUT2D eigenvalue weighted by atomic mass is 32.1. The first-order valence-electron chi connectivity index (χ1n) is 9.62. The molecule has 0 radical (unpaired) electrons. The summed E-state index contributed by atoms with van der Waals surface area (Å²) in [4.78, 5) is 37.4. The summed E-state index contributed by atoms with van der Waals surface area (Å²) in [6, 6.07) is 12.4. The van der Waals surface area contributed by atoms with Crippen LogP contribution in [-0.4, -0.2) is 28.8 Å². The van der Waals surface area contributed by atoms with Crippen LogP contribution in [0, 0.1) is 13.8 Å². The van der Waals surface area contributed by atoms with E-state index >= 15 is 0 Å². The molecule has 1 amide bonds. The molecule has 1 N–H and O–H groups in total. The molecule has 0 spiro atoms. The molecule has 0 aliphatic heterocycles. The number of nitrogens with zero attached hydrogens (tertiary/aromatic N) is 1. The van der Waals surface area contributed by atoms with Crippen LogP contribution in [0.15, 0.2) is 47.8 Å². The van der Waals surface area contributed by atoms with Crippen LogP contribution in [0.2, 0.25) is 0 Å². The molecule has 2 heterocycles. The van der Waals surface area contributed by atoms with Crippen LogP contribution in [0.1, 0.15) is 43.9 Å². The molecule has 0 aliphatic rings. The van der Waals surface area contributed by atoms with Crippen LogP contribution in [0.5, 0.6) is 0 Å². The van der Waals surface area contributed by atoms with Crippen LogP contribution < -0.4 is 5.32 Å². The smallest absolute Gasteiger partial charge is 0.338 e. The van der Waals surface area contributed by atoms with Crippen LogP contribution >= 0.6 is 11.3 Å². The number of benzene rings is 1. The summed E-state index contributed by atoms with van der Waals surface area (Å²) in [5.74, 6) is -1.08. The summed E-state index contributed by atoms with van der Waals surface area (Å²) in [5, 5.41) is 4.67. The SMILES string of the molecule is CC(=O)Nc1cccc(C(=O)OCC(=O)c2cc(C)n(CCc3cccs3)c2C)c1. The van der Waals surface area contributed by atoms with Gasteiger partial charge in [0.25, 0.3) is 0 Å². The quantitative estimate of drug-likeness (QED) is 0.429. The molecule has 0 unspecified atom stereocenters. The van der Waals surface area contributed by atoms with Crippen molar-refractivity contribution in [3.05, 3.63) is 75.2 Å². The van der Waals surface area contributed by atoms with Crippen molar-refractivity contribution in [1.82, 2.24) is 4.57 Å². The molecular weight excluding hydrogens is 400 g/mol. The first-order chi connectivity index (χ1) is 14.3. The number of carbonyl (C=O) groups excluding carboxylic acids is 3. The van der Waals surface area contributed by atoms with E-state index in [0.717, 1.165) is 24.4 Å². The fourth-order valence-corrected chi connectivity index (χ4v) is 4.02. The Morgan fingerprint density at radius 2 is 1.90 bits per heavy atom. The molecule has 3 aromatic rings. The fourth-order valence-electron chi connectivity index (χ4n) is 3.32. The number of ketones is 1. The first-order valence-corrected chi connectivity index (χ1v) is 10.5. The lowest BCUT2D eigenvalue weighted by Gasteiger charge is -2.09. The Bertz CT molecular complexity index is 1070. The number of aryl methyl sites for hydroxylation is 2. The number of hydrogen-bond acceptors (Lipinski definition) is 5. The van der Waals surface area contributed by atoms with Crippen LogP contribution in [-0.2, 0) is 22.5 Å². The number of Topliss-reactive ketones (excluding diaryl/α,β-unsaturated/α-hetero) is 1. The number of anilines is 1. The zero-order chi connectivity index (χ0) is 21.7. The number of thiophene rings is 1. The molecule has 2 aromatic heterocycles. The molecule has 0 aliphatic carbocycles. The summed E-state index contributed by atoms with van der Waals surface area (Å²) in [5.41, 5.74) is 3.21. The van der Waals surface area contributed by atoms with E-state index in [1.807, 2.05) is 26.0 Å². The van der Waals surface area contributed by atoms with Crippen LogP contribution in [0.3, 0.4) is 0 Å². The highest BCUT2D eigenvalue weighted by molar-refractivity contribution is 7.09. The predicted molar refractivity (Wildman–Crippen MR) is 117 cm³/mol. The average Bonchev–Trinajstić information content (AvgIpc) is 3.32. The zero-order valence-corrected chi connectivity index (χ0v) is 18.0. The lowest BCUT2D eigenvalue weighted by atomic mass is 10.1. The Hall–Kier alpha value is -3.19. The number of ether oxygens (including phenoxy) is 1. The van der Waals surface area contributed by atoms with Crippen molar-refractivity contribution in [3.8, 4) is 0 Å². The number of esters is 1. The summed E-state index contributed by atoms with van der Waals surface area (Å²) >= 11 is 1.72. The number of hydrogen-bond donors (Lipinski definition) is 1. The number of amides is 1. The van der Waals surface area contributed by atoms with E-state index in [2.05, 4.69) is 21.3 Å². The Morgan fingerprint density at radius 1 is 1.10 bits per heavy atom. The minimum atomic E-state index is -0.609. The monoisotopic (exact) mass is 424 g/mol. The highest BCUT2D eigenvalue weighted by Crippen LogP contribution is 2.19. The predicted octanol–water partition coefficient (Wildman–Crippen LogP) is 4.41. The summed E-state index contributed by atoms with van der Waals surface area (Å²) in [6.45, 7) is 5.73. The van der Waals surface area contributed by atoms with E-state index in [1.54, 1.807) is 29.5 Å². The minimum absolute atomic E-state index is 0.231. The largest absolute Gasteiger partial charge is 0.454 e. The molecular formula is C23H24N2O4S. The molecule has 0 atom stereocenters. The maximum atomic E-state index is 12.7. The number of aromatic nitrogens is 1. The fraction of sp³-hybridized carbons (Fsp3) is 0.261. The van der Waals surface area contributed by atoms with Crippen LogP contribution in [0.25, 0.3) is 0 Å². The Kier molecular flexibility index (Phi) is 6.84. The van der Waals surface area contributed by atoms with Gasteiger partial charge in [-0.25, -0.2) is 4.79 Å². The van der Waals surface area contributed by atoms with Gasteiger partial charge in [0.05, 0.1) is 5.56 Å². The summed E-state index contributed by atoms with van der Waals surface area (Å²) in [7, 11) is 0. The van der Waals surface area contributed by atoms with Gasteiger partial charge < -0.3 is 14.6 Å². The molecule has 0 fully saturated rings. The molecule has 30 heavy (non-hydrogen) atoms. The van der Waals surface area contributed by atoms with Crippen molar-refractivity contribution in [1.29, 1.82) is 0 Å². The lowest BCUT2D eigenvalue weighted by Crippen LogP contribution is -2.15. The van der Waals surface area contributed by atoms with Gasteiger partial charge in [0.15, 0.2) is 6.61 Å². The van der Waals surface area contributed by atoms with E-state index in [9.17, 15) is 14.4 Å². The normalized spacial score (nSPS) is 10.6. The van der Waals surface area contributed by atoms with E-state index in [0.29, 0.717) is 11.3 Å². The summed E-state index contributed by atoms with van der Waals surface area (Å²) in [6.07, 6.45) is 0.904. The van der Waals surface area contributed by atoms with E-state index < -0.39 is 5.97 Å². The molecule has 6 nitrogen and oxygen atoms in total. The lowest BCUT2D eigenvalue weighted by molar-refractivity contribution is -0.114. The third-order valence-corrected chi connectivity index (χ3v) is 5.73. The highest BCUT2D eigenvalue weighted by Gasteiger charge is 2.18. The van der Waals surface area contributed by atoms with E-state index in [-0.39, 0.29) is 23.9 Å². The standard InChI is InChI=1S/C23H24N2O4S/c1-15-12-21(16(2)25(15)10-9-20-8-5-11-30-20)22(27)14-29-23(28)18-6-4-7-19(13-18)24-17(3)26/h4-8,11-13H,9-10,14H2,1-3H3,(H,24,26). The molecule has 0 saturated carbocycles. The van der Waals surface area contributed by atoms with Gasteiger partial charge in [0.2, 0.25) is 11.7 Å². The second kappa shape index (κ2) is 9.54. The van der Waals surface area contributed by atoms with Gasteiger partial charge in [-0.2, -0.15) is 0 Å². The molecule has 0 bridgehead atoms. The van der Waals surface area contributed by atoms with Crippen molar-refractivity contribution in [2.24, 2.45) is 0 Å². The Labute approximate surface area is 179 Å². The van der Waals surface area contributed by atoms with Gasteiger partial charge in [-0.1, -0.05) is 12.1 Å². The molecule has 0 saturated heterocycles. The zero-order valence-electron chi connectivity index (χ0n) is 17.2. The average molecular weight is 425 g/mol. The number of rotatable bonds is 8. The van der Waals surface area contributed by atoms with Gasteiger partial charge in [-0.3, -0.25) is 9.59 Å².